The number of hydrogen-bond acceptors (Lipinski definition) is 1. The highest BCUT2D eigenvalue weighted by Gasteiger charge is 2.25. The Kier molecular flexibility index (Phi) is 4.20. The van der Waals surface area contributed by atoms with Crippen molar-refractivity contribution < 1.29 is 22.0 Å². The molecule has 1 aromatic carbocycles. The van der Waals surface area contributed by atoms with Crippen LogP contribution in [0.15, 0.2) is 4.99 Å². The number of nitrogens with zero attached hydrogens (tertiary/aromatic N) is 1. The minimum absolute atomic E-state index is 0.302. The van der Waals surface area contributed by atoms with E-state index in [1.165, 1.54) is 6.92 Å². The smallest absolute Gasteiger partial charge is 0.200 e. The summed E-state index contributed by atoms with van der Waals surface area (Å²) in [6.07, 6.45) is 1.07. The van der Waals surface area contributed by atoms with Gasteiger partial charge in [0.25, 0.3) is 0 Å². The van der Waals surface area contributed by atoms with Crippen molar-refractivity contribution >= 4 is 11.4 Å². The summed E-state index contributed by atoms with van der Waals surface area (Å²) >= 11 is 0. The van der Waals surface area contributed by atoms with Gasteiger partial charge in [0.05, 0.1) is 0 Å². The van der Waals surface area contributed by atoms with E-state index in [2.05, 4.69) is 4.99 Å². The number of rotatable bonds is 3. The van der Waals surface area contributed by atoms with Crippen LogP contribution in [0.2, 0.25) is 0 Å². The summed E-state index contributed by atoms with van der Waals surface area (Å²) in [5, 5.41) is 0. The van der Waals surface area contributed by atoms with Gasteiger partial charge in [-0.25, -0.2) is 22.0 Å². The van der Waals surface area contributed by atoms with Gasteiger partial charge in [-0.1, -0.05) is 13.3 Å². The van der Waals surface area contributed by atoms with E-state index in [0.717, 1.165) is 0 Å². The molecule has 1 aromatic rings. The van der Waals surface area contributed by atoms with Gasteiger partial charge in [-0.05, 0) is 13.3 Å². The SMILES string of the molecule is CCCC(C)=Nc1c(F)c(F)c(F)c(F)c1F. The van der Waals surface area contributed by atoms with Gasteiger partial charge in [-0.2, -0.15) is 0 Å². The molecule has 0 atom stereocenters. The van der Waals surface area contributed by atoms with Crippen LogP contribution < -0.4 is 0 Å². The highest BCUT2D eigenvalue weighted by atomic mass is 19.2. The number of aliphatic imine (C=N–C) groups is 1. The average molecular weight is 251 g/mol. The highest BCUT2D eigenvalue weighted by molar-refractivity contribution is 5.84. The summed E-state index contributed by atoms with van der Waals surface area (Å²) in [7, 11) is 0. The minimum atomic E-state index is -2.17. The van der Waals surface area contributed by atoms with Crippen molar-refractivity contribution in [2.24, 2.45) is 4.99 Å². The van der Waals surface area contributed by atoms with Crippen LogP contribution in [0.3, 0.4) is 0 Å². The molecule has 0 saturated heterocycles. The van der Waals surface area contributed by atoms with Gasteiger partial charge in [0, 0.05) is 5.71 Å². The lowest BCUT2D eigenvalue weighted by molar-refractivity contribution is 0.381. The topological polar surface area (TPSA) is 12.4 Å². The lowest BCUT2D eigenvalue weighted by Gasteiger charge is -2.05. The van der Waals surface area contributed by atoms with Crippen molar-refractivity contribution in [1.29, 1.82) is 0 Å². The molecule has 0 aliphatic carbocycles. The van der Waals surface area contributed by atoms with Crippen molar-refractivity contribution in [3.63, 3.8) is 0 Å². The third-order valence-corrected chi connectivity index (χ3v) is 2.10. The number of hydrogen-bond donors (Lipinski definition) is 0. The van der Waals surface area contributed by atoms with E-state index in [0.29, 0.717) is 18.6 Å². The van der Waals surface area contributed by atoms with Crippen molar-refractivity contribution in [2.75, 3.05) is 0 Å². The fourth-order valence-electron chi connectivity index (χ4n) is 1.30. The van der Waals surface area contributed by atoms with Crippen LogP contribution in [0.25, 0.3) is 0 Å². The Morgan fingerprint density at radius 1 is 0.882 bits per heavy atom. The fraction of sp³-hybridized carbons (Fsp3) is 0.364. The van der Waals surface area contributed by atoms with Gasteiger partial charge < -0.3 is 0 Å². The molecule has 1 rings (SSSR count). The summed E-state index contributed by atoms with van der Waals surface area (Å²) in [5.41, 5.74) is -0.831. The molecule has 0 spiro atoms. The van der Waals surface area contributed by atoms with Crippen LogP contribution in [0, 0.1) is 29.1 Å². The molecule has 0 aliphatic rings. The van der Waals surface area contributed by atoms with Crippen molar-refractivity contribution in [3.8, 4) is 0 Å². The predicted octanol–water partition coefficient (Wildman–Crippen LogP) is 4.27. The second-order valence-electron chi connectivity index (χ2n) is 3.52. The minimum Gasteiger partial charge on any atom is -0.252 e. The molecule has 17 heavy (non-hydrogen) atoms. The molecular formula is C11H10F5N. The maximum atomic E-state index is 13.2. The number of benzene rings is 1. The molecule has 0 heterocycles. The molecular weight excluding hydrogens is 241 g/mol. The first kappa shape index (κ1) is 13.6. The fourth-order valence-corrected chi connectivity index (χ4v) is 1.30. The summed E-state index contributed by atoms with van der Waals surface area (Å²) in [6, 6.07) is 0. The molecule has 0 unspecified atom stereocenters. The molecule has 6 heteroatoms. The lowest BCUT2D eigenvalue weighted by Crippen LogP contribution is -2.02. The first-order valence-electron chi connectivity index (χ1n) is 4.95. The first-order valence-corrected chi connectivity index (χ1v) is 4.95. The third kappa shape index (κ3) is 2.62. The van der Waals surface area contributed by atoms with Crippen LogP contribution >= 0.6 is 0 Å². The lowest BCUT2D eigenvalue weighted by atomic mass is 10.2. The summed E-state index contributed by atoms with van der Waals surface area (Å²) in [6.45, 7) is 3.26. The van der Waals surface area contributed by atoms with E-state index in [4.69, 9.17) is 0 Å². The van der Waals surface area contributed by atoms with Gasteiger partial charge in [0.2, 0.25) is 5.82 Å². The average Bonchev–Trinajstić information content (AvgIpc) is 2.30. The summed E-state index contributed by atoms with van der Waals surface area (Å²) in [4.78, 5) is 3.43. The maximum Gasteiger partial charge on any atom is 0.200 e. The Bertz CT molecular complexity index is 438. The van der Waals surface area contributed by atoms with Gasteiger partial charge in [-0.15, -0.1) is 0 Å². The standard InChI is InChI=1S/C11H10F5N/c1-3-4-5(2)17-11-9(15)7(13)6(12)8(14)10(11)16/h3-4H2,1-2H3. The molecule has 0 radical (unpaired) electrons. The van der Waals surface area contributed by atoms with Gasteiger partial charge in [0.15, 0.2) is 23.3 Å². The van der Waals surface area contributed by atoms with E-state index in [1.807, 2.05) is 0 Å². The Hall–Kier alpha value is -1.46. The normalized spacial score (nSPS) is 12.1. The Morgan fingerprint density at radius 3 is 1.71 bits per heavy atom. The van der Waals surface area contributed by atoms with Crippen molar-refractivity contribution in [2.45, 2.75) is 26.7 Å². The third-order valence-electron chi connectivity index (χ3n) is 2.10. The van der Waals surface area contributed by atoms with Crippen LogP contribution in [0.4, 0.5) is 27.6 Å². The highest BCUT2D eigenvalue weighted by Crippen LogP contribution is 2.29. The quantitative estimate of drug-likeness (QED) is 0.329. The molecule has 0 N–H and O–H groups in total. The zero-order chi connectivity index (χ0) is 13.2. The Balaban J connectivity index is 3.39. The molecule has 0 saturated carbocycles. The Morgan fingerprint density at radius 2 is 1.29 bits per heavy atom. The van der Waals surface area contributed by atoms with Crippen LogP contribution in [0.1, 0.15) is 26.7 Å². The van der Waals surface area contributed by atoms with Crippen molar-refractivity contribution in [3.05, 3.63) is 29.1 Å². The first-order chi connectivity index (χ1) is 7.90. The largest absolute Gasteiger partial charge is 0.252 e. The summed E-state index contributed by atoms with van der Waals surface area (Å²) in [5.74, 6) is -9.94. The zero-order valence-electron chi connectivity index (χ0n) is 9.25. The maximum absolute atomic E-state index is 13.2. The van der Waals surface area contributed by atoms with E-state index in [9.17, 15) is 22.0 Å². The van der Waals surface area contributed by atoms with E-state index in [1.54, 1.807) is 6.92 Å². The van der Waals surface area contributed by atoms with E-state index >= 15 is 0 Å². The molecule has 0 bridgehead atoms. The van der Waals surface area contributed by atoms with E-state index in [-0.39, 0.29) is 0 Å². The molecule has 0 fully saturated rings. The molecule has 94 valence electrons. The Labute approximate surface area is 95.0 Å². The van der Waals surface area contributed by atoms with Crippen LogP contribution in [-0.2, 0) is 0 Å². The van der Waals surface area contributed by atoms with Gasteiger partial charge in [-0.3, -0.25) is 4.99 Å². The monoisotopic (exact) mass is 251 g/mol. The molecule has 0 amide bonds. The number of halogens is 5. The second-order valence-corrected chi connectivity index (χ2v) is 3.52. The zero-order valence-corrected chi connectivity index (χ0v) is 9.25. The van der Waals surface area contributed by atoms with E-state index < -0.39 is 34.8 Å². The summed E-state index contributed by atoms with van der Waals surface area (Å²) < 4.78 is 64.7. The van der Waals surface area contributed by atoms with Gasteiger partial charge in [0.1, 0.15) is 5.69 Å². The van der Waals surface area contributed by atoms with Crippen LogP contribution in [0.5, 0.6) is 0 Å². The predicted molar refractivity (Wildman–Crippen MR) is 53.9 cm³/mol. The van der Waals surface area contributed by atoms with Crippen LogP contribution in [-0.4, -0.2) is 5.71 Å². The van der Waals surface area contributed by atoms with Crippen molar-refractivity contribution in [1.82, 2.24) is 0 Å². The molecule has 1 nitrogen and oxygen atoms in total. The van der Waals surface area contributed by atoms with Gasteiger partial charge >= 0.3 is 0 Å². The second kappa shape index (κ2) is 5.25. The molecule has 0 aromatic heterocycles. The molecule has 0 aliphatic heterocycles.